The minimum absolute atomic E-state index is 0.0146. The summed E-state index contributed by atoms with van der Waals surface area (Å²) in [6.07, 6.45) is 7.96. The number of hydrogen-bond acceptors (Lipinski definition) is 6. The Balaban J connectivity index is 1.38. The topological polar surface area (TPSA) is 78.9 Å². The Morgan fingerprint density at radius 2 is 1.81 bits per heavy atom. The van der Waals surface area contributed by atoms with Gasteiger partial charge in [-0.05, 0) is 68.1 Å². The highest BCUT2D eigenvalue weighted by Gasteiger charge is 2.72. The third-order valence-electron chi connectivity index (χ3n) is 10.1. The van der Waals surface area contributed by atoms with Crippen molar-refractivity contribution >= 4 is 33.7 Å². The Bertz CT molecular complexity index is 829. The van der Waals surface area contributed by atoms with Crippen LogP contribution in [0.3, 0.4) is 0 Å². The highest BCUT2D eigenvalue weighted by atomic mass is 79.9. The number of fused-ring (bicyclic) bond motifs is 3. The number of carbonyl (C=O) groups excluding carboxylic acids is 3. The summed E-state index contributed by atoms with van der Waals surface area (Å²) in [6, 6.07) is 0. The fraction of sp³-hybridized carbons (Fsp3) is 0.880. The lowest BCUT2D eigenvalue weighted by molar-refractivity contribution is -0.155. The first-order chi connectivity index (χ1) is 15.1. The van der Waals surface area contributed by atoms with Crippen LogP contribution < -0.4 is 0 Å². The van der Waals surface area contributed by atoms with Gasteiger partial charge in [0, 0.05) is 31.6 Å². The molecule has 0 aromatic rings. The van der Waals surface area contributed by atoms with Crippen molar-refractivity contribution in [2.24, 2.45) is 34.5 Å². The molecule has 5 aliphatic rings. The highest BCUT2D eigenvalue weighted by molar-refractivity contribution is 9.10. The summed E-state index contributed by atoms with van der Waals surface area (Å²) in [5.74, 6) is 1.13. The smallest absolute Gasteiger partial charge is 0.303 e. The maximum Gasteiger partial charge on any atom is 0.303 e. The second kappa shape index (κ2) is 7.79. The normalized spacial score (nSPS) is 48.9. The molecule has 0 amide bonds. The number of carbonyl (C=O) groups is 3. The van der Waals surface area contributed by atoms with Gasteiger partial charge in [-0.3, -0.25) is 14.4 Å². The van der Waals surface area contributed by atoms with Gasteiger partial charge in [0.05, 0.1) is 17.0 Å². The molecule has 0 aromatic carbocycles. The number of Topliss-reactive ketones (excluding diaryl/α,β-unsaturated/α-hetero) is 1. The molecule has 1 aliphatic heterocycles. The molecule has 9 atom stereocenters. The molecular weight excluding hydrogens is 476 g/mol. The predicted octanol–water partition coefficient (Wildman–Crippen LogP) is 4.22. The van der Waals surface area contributed by atoms with Gasteiger partial charge in [-0.2, -0.15) is 0 Å². The van der Waals surface area contributed by atoms with Crippen LogP contribution >= 0.6 is 15.9 Å². The summed E-state index contributed by atoms with van der Waals surface area (Å²) in [5.41, 5.74) is 0.0636. The van der Waals surface area contributed by atoms with E-state index in [1.807, 2.05) is 0 Å². The molecule has 1 saturated heterocycles. The zero-order valence-corrected chi connectivity index (χ0v) is 20.9. The van der Waals surface area contributed by atoms with Gasteiger partial charge < -0.3 is 14.2 Å². The van der Waals surface area contributed by atoms with E-state index in [0.29, 0.717) is 17.8 Å². The van der Waals surface area contributed by atoms with Gasteiger partial charge >= 0.3 is 11.9 Å². The van der Waals surface area contributed by atoms with Crippen LogP contribution in [0.5, 0.6) is 0 Å². The fourth-order valence-electron chi connectivity index (χ4n) is 8.83. The second-order valence-electron chi connectivity index (χ2n) is 11.3. The number of ether oxygens (including phenoxy) is 3. The van der Waals surface area contributed by atoms with Gasteiger partial charge in [0.25, 0.3) is 0 Å². The van der Waals surface area contributed by atoms with Gasteiger partial charge in [-0.25, -0.2) is 0 Å². The van der Waals surface area contributed by atoms with Crippen molar-refractivity contribution < 1.29 is 28.6 Å². The average Bonchev–Trinajstić information content (AvgIpc) is 3.14. The fourth-order valence-corrected chi connectivity index (χ4v) is 10.1. The van der Waals surface area contributed by atoms with Crippen LogP contribution in [0.15, 0.2) is 0 Å². The Hall–Kier alpha value is -0.950. The second-order valence-corrected chi connectivity index (χ2v) is 12.7. The van der Waals surface area contributed by atoms with E-state index in [9.17, 15) is 14.4 Å². The molecule has 6 nitrogen and oxygen atoms in total. The molecule has 178 valence electrons. The highest BCUT2D eigenvalue weighted by Crippen LogP contribution is 2.73. The summed E-state index contributed by atoms with van der Waals surface area (Å²) in [7, 11) is 0. The SMILES string of the molecule is CC(=O)OCC(=O)[C@H]1CC[C@H]2[C@@H]3C[C@H]4OC[C@@]5(CC[C@H](OC(C)=O)C[C@]45Br)[C@H]3CC[C@]12C. The molecule has 4 aliphatic carbocycles. The maximum absolute atomic E-state index is 13.0. The standard InChI is InChI=1S/C25H35BrO6/c1-14(27)30-12-21(29)20-5-4-18-17-10-22-25(26)11-16(32-15(2)28)6-9-24(25,13-31-22)19(17)7-8-23(18,20)3/h16-20,22H,4-13H2,1-3H3/t16-,17-,18-,19-,20+,22+,23-,24-,25-/m0/s1. The summed E-state index contributed by atoms with van der Waals surface area (Å²) < 4.78 is 17.0. The molecule has 5 fully saturated rings. The Kier molecular flexibility index (Phi) is 5.56. The van der Waals surface area contributed by atoms with E-state index in [1.54, 1.807) is 0 Å². The van der Waals surface area contributed by atoms with Gasteiger partial charge in [0.1, 0.15) is 12.7 Å². The van der Waals surface area contributed by atoms with E-state index in [-0.39, 0.29) is 57.6 Å². The van der Waals surface area contributed by atoms with Gasteiger partial charge in [-0.1, -0.05) is 22.9 Å². The van der Waals surface area contributed by atoms with E-state index in [1.165, 1.54) is 13.8 Å². The first-order valence-electron chi connectivity index (χ1n) is 12.2. The number of alkyl halides is 1. The third-order valence-corrected chi connectivity index (χ3v) is 11.7. The molecule has 0 spiro atoms. The Labute approximate surface area is 198 Å². The number of hydrogen-bond donors (Lipinski definition) is 0. The molecule has 2 bridgehead atoms. The first kappa shape index (κ1) is 22.8. The molecule has 1 heterocycles. The van der Waals surface area contributed by atoms with Crippen LogP contribution in [0.25, 0.3) is 0 Å². The Morgan fingerprint density at radius 1 is 1.03 bits per heavy atom. The summed E-state index contributed by atoms with van der Waals surface area (Å²) in [5, 5.41) is 0. The average molecular weight is 511 g/mol. The quantitative estimate of drug-likeness (QED) is 0.416. The van der Waals surface area contributed by atoms with E-state index >= 15 is 0 Å². The van der Waals surface area contributed by atoms with Crippen molar-refractivity contribution in [2.75, 3.05) is 13.2 Å². The van der Waals surface area contributed by atoms with Crippen LogP contribution in [-0.4, -0.2) is 47.5 Å². The van der Waals surface area contributed by atoms with Gasteiger partial charge in [0.2, 0.25) is 0 Å². The van der Waals surface area contributed by atoms with Crippen LogP contribution in [0.4, 0.5) is 0 Å². The molecule has 32 heavy (non-hydrogen) atoms. The van der Waals surface area contributed by atoms with E-state index in [0.717, 1.165) is 58.0 Å². The predicted molar refractivity (Wildman–Crippen MR) is 120 cm³/mol. The monoisotopic (exact) mass is 510 g/mol. The number of ketones is 1. The zero-order valence-electron chi connectivity index (χ0n) is 19.4. The van der Waals surface area contributed by atoms with Gasteiger partial charge in [-0.15, -0.1) is 0 Å². The molecule has 0 N–H and O–H groups in total. The number of rotatable bonds is 4. The third kappa shape index (κ3) is 3.16. The van der Waals surface area contributed by atoms with Crippen molar-refractivity contribution in [3.63, 3.8) is 0 Å². The molecule has 0 radical (unpaired) electrons. The van der Waals surface area contributed by atoms with E-state index in [2.05, 4.69) is 22.9 Å². The van der Waals surface area contributed by atoms with Crippen molar-refractivity contribution in [1.29, 1.82) is 0 Å². The molecular formula is C25H35BrO6. The minimum atomic E-state index is -0.389. The number of halogens is 1. The summed E-state index contributed by atoms with van der Waals surface area (Å²) in [6.45, 7) is 5.86. The molecule has 4 saturated carbocycles. The van der Waals surface area contributed by atoms with Crippen LogP contribution in [0, 0.1) is 34.5 Å². The number of esters is 2. The van der Waals surface area contributed by atoms with E-state index in [4.69, 9.17) is 14.2 Å². The summed E-state index contributed by atoms with van der Waals surface area (Å²) in [4.78, 5) is 35.8. The maximum atomic E-state index is 13.0. The largest absolute Gasteiger partial charge is 0.463 e. The molecule has 5 rings (SSSR count). The minimum Gasteiger partial charge on any atom is -0.463 e. The van der Waals surface area contributed by atoms with Crippen molar-refractivity contribution in [2.45, 2.75) is 88.7 Å². The summed E-state index contributed by atoms with van der Waals surface area (Å²) >= 11 is 4.19. The van der Waals surface area contributed by atoms with Crippen molar-refractivity contribution in [3.05, 3.63) is 0 Å². The van der Waals surface area contributed by atoms with Crippen molar-refractivity contribution in [1.82, 2.24) is 0 Å². The van der Waals surface area contributed by atoms with Gasteiger partial charge in [0.15, 0.2) is 5.78 Å². The van der Waals surface area contributed by atoms with Crippen LogP contribution in [0.2, 0.25) is 0 Å². The molecule has 7 heteroatoms. The first-order valence-corrected chi connectivity index (χ1v) is 13.0. The lowest BCUT2D eigenvalue weighted by atomic mass is 9.44. The molecule has 0 unspecified atom stereocenters. The van der Waals surface area contributed by atoms with Crippen molar-refractivity contribution in [3.8, 4) is 0 Å². The lowest BCUT2D eigenvalue weighted by Gasteiger charge is -2.62. The Morgan fingerprint density at radius 3 is 2.53 bits per heavy atom. The lowest BCUT2D eigenvalue weighted by Crippen LogP contribution is -2.63. The zero-order chi connectivity index (χ0) is 22.9. The van der Waals surface area contributed by atoms with Crippen LogP contribution in [-0.2, 0) is 28.6 Å². The van der Waals surface area contributed by atoms with E-state index < -0.39 is 0 Å². The van der Waals surface area contributed by atoms with Crippen LogP contribution in [0.1, 0.15) is 72.1 Å². The molecule has 0 aromatic heterocycles.